The molecule has 2 heterocycles. The van der Waals surface area contributed by atoms with E-state index in [0.717, 1.165) is 37.4 Å². The fraction of sp³-hybridized carbons (Fsp3) is 0.562. The second kappa shape index (κ2) is 7.06. The molecule has 0 aromatic heterocycles. The Morgan fingerprint density at radius 2 is 2.17 bits per heavy atom. The fourth-order valence-electron chi connectivity index (χ4n) is 2.99. The molecule has 0 aliphatic carbocycles. The number of carbonyl (C=O) groups is 1. The molecule has 1 unspecified atom stereocenters. The Morgan fingerprint density at radius 3 is 2.96 bits per heavy atom. The minimum atomic E-state index is -1.27. The average molecular weight is 322 g/mol. The third-order valence-electron chi connectivity index (χ3n) is 4.28. The average Bonchev–Trinajstić information content (AvgIpc) is 2.55. The predicted octanol–water partition coefficient (Wildman–Crippen LogP) is 1.31. The number of nitrogens with zero attached hydrogens (tertiary/aromatic N) is 1. The van der Waals surface area contributed by atoms with Crippen molar-refractivity contribution in [3.05, 3.63) is 24.3 Å². The molecule has 1 fully saturated rings. The molecular weight excluding hydrogens is 300 g/mol. The van der Waals surface area contributed by atoms with Gasteiger partial charge in [0.2, 0.25) is 0 Å². The topological polar surface area (TPSA) is 94.3 Å². The third-order valence-corrected chi connectivity index (χ3v) is 4.28. The maximum Gasteiger partial charge on any atom is 0.506 e. The molecule has 3 rings (SSSR count). The van der Waals surface area contributed by atoms with E-state index in [1.807, 2.05) is 24.3 Å². The molecule has 7 nitrogen and oxygen atoms in total. The van der Waals surface area contributed by atoms with Crippen LogP contribution in [0.5, 0.6) is 11.5 Å². The van der Waals surface area contributed by atoms with Crippen molar-refractivity contribution in [3.8, 4) is 11.5 Å². The summed E-state index contributed by atoms with van der Waals surface area (Å²) < 4.78 is 16.5. The van der Waals surface area contributed by atoms with Crippen LogP contribution in [-0.2, 0) is 4.74 Å². The number of ether oxygens (including phenoxy) is 3. The summed E-state index contributed by atoms with van der Waals surface area (Å²) in [5.74, 6) is 1.55. The van der Waals surface area contributed by atoms with Gasteiger partial charge in [-0.15, -0.1) is 0 Å². The molecule has 2 aliphatic heterocycles. The maximum atomic E-state index is 10.7. The summed E-state index contributed by atoms with van der Waals surface area (Å²) >= 11 is 0. The van der Waals surface area contributed by atoms with Crippen LogP contribution >= 0.6 is 0 Å². The van der Waals surface area contributed by atoms with Crippen LogP contribution in [0.2, 0.25) is 0 Å². The highest BCUT2D eigenvalue weighted by atomic mass is 16.7. The summed E-state index contributed by atoms with van der Waals surface area (Å²) in [4.78, 5) is 12.9. The summed E-state index contributed by atoms with van der Waals surface area (Å²) in [7, 11) is 0. The van der Waals surface area contributed by atoms with Gasteiger partial charge in [-0.2, -0.15) is 0 Å². The van der Waals surface area contributed by atoms with Gasteiger partial charge in [-0.25, -0.2) is 4.79 Å². The predicted molar refractivity (Wildman–Crippen MR) is 82.9 cm³/mol. The molecular formula is C16H22N2O5. The van der Waals surface area contributed by atoms with Crippen molar-refractivity contribution in [2.24, 2.45) is 5.73 Å². The molecule has 0 saturated carbocycles. The van der Waals surface area contributed by atoms with Gasteiger partial charge in [0.1, 0.15) is 18.8 Å². The van der Waals surface area contributed by atoms with Crippen molar-refractivity contribution < 1.29 is 24.1 Å². The fourth-order valence-corrected chi connectivity index (χ4v) is 2.99. The smallest absolute Gasteiger partial charge is 0.486 e. The lowest BCUT2D eigenvalue weighted by Gasteiger charge is -2.36. The minimum absolute atomic E-state index is 0.000609. The Bertz CT molecular complexity index is 553. The molecule has 7 heteroatoms. The Kier molecular flexibility index (Phi) is 4.88. The first-order valence-corrected chi connectivity index (χ1v) is 7.88. The number of hydrogen-bond acceptors (Lipinski definition) is 6. The van der Waals surface area contributed by atoms with Crippen LogP contribution in [0.3, 0.4) is 0 Å². The van der Waals surface area contributed by atoms with Crippen molar-refractivity contribution in [2.45, 2.75) is 31.1 Å². The summed E-state index contributed by atoms with van der Waals surface area (Å²) in [5.41, 5.74) is 5.92. The number of para-hydroxylation sites is 2. The van der Waals surface area contributed by atoms with E-state index in [4.69, 9.17) is 25.1 Å². The normalized spacial score (nSPS) is 27.4. The van der Waals surface area contributed by atoms with Crippen LogP contribution in [-0.4, -0.2) is 60.7 Å². The van der Waals surface area contributed by atoms with Gasteiger partial charge in [-0.3, -0.25) is 4.90 Å². The number of hydrogen-bond donors (Lipinski definition) is 2. The SMILES string of the molecule is N[C@H]1CCN(CCC2COc3ccccc3O2)C[C@@H]1OC(=O)O. The Morgan fingerprint density at radius 1 is 1.39 bits per heavy atom. The van der Waals surface area contributed by atoms with Crippen LogP contribution in [0.15, 0.2) is 24.3 Å². The van der Waals surface area contributed by atoms with Gasteiger partial charge in [0.05, 0.1) is 0 Å². The van der Waals surface area contributed by atoms with Gasteiger partial charge < -0.3 is 25.1 Å². The van der Waals surface area contributed by atoms with E-state index in [1.54, 1.807) is 0 Å². The van der Waals surface area contributed by atoms with Crippen LogP contribution in [0.4, 0.5) is 4.79 Å². The van der Waals surface area contributed by atoms with Crippen molar-refractivity contribution in [3.63, 3.8) is 0 Å². The molecule has 0 bridgehead atoms. The van der Waals surface area contributed by atoms with Crippen LogP contribution in [0, 0.1) is 0 Å². The molecule has 3 N–H and O–H groups in total. The van der Waals surface area contributed by atoms with Crippen molar-refractivity contribution in [1.29, 1.82) is 0 Å². The number of piperidine rings is 1. The van der Waals surface area contributed by atoms with Crippen LogP contribution in [0.25, 0.3) is 0 Å². The quantitative estimate of drug-likeness (QED) is 0.807. The third kappa shape index (κ3) is 4.05. The van der Waals surface area contributed by atoms with E-state index in [0.29, 0.717) is 13.2 Å². The monoisotopic (exact) mass is 322 g/mol. The molecule has 3 atom stereocenters. The highest BCUT2D eigenvalue weighted by molar-refractivity contribution is 5.57. The number of rotatable bonds is 4. The standard InChI is InChI=1S/C16H22N2O5/c17-12-6-8-18(9-15(12)23-16(19)20)7-5-11-10-21-13-3-1-2-4-14(13)22-11/h1-4,11-12,15H,5-10,17H2,(H,19,20)/t11?,12-,15-/m0/s1. The zero-order chi connectivity index (χ0) is 16.2. The van der Waals surface area contributed by atoms with E-state index in [1.165, 1.54) is 0 Å². The molecule has 2 aliphatic rings. The van der Waals surface area contributed by atoms with Crippen molar-refractivity contribution >= 4 is 6.16 Å². The Balaban J connectivity index is 1.48. The number of carboxylic acid groups (broad SMARTS) is 1. The summed E-state index contributed by atoms with van der Waals surface area (Å²) in [6.07, 6.45) is -0.204. The maximum absolute atomic E-state index is 10.7. The molecule has 1 saturated heterocycles. The lowest BCUT2D eigenvalue weighted by atomic mass is 10.0. The Hall–Kier alpha value is -1.99. The molecule has 0 amide bonds. The first-order valence-electron chi connectivity index (χ1n) is 7.88. The Labute approximate surface area is 134 Å². The van der Waals surface area contributed by atoms with Crippen LogP contribution in [0.1, 0.15) is 12.8 Å². The highest BCUT2D eigenvalue weighted by Gasteiger charge is 2.30. The number of fused-ring (bicyclic) bond motifs is 1. The zero-order valence-electron chi connectivity index (χ0n) is 12.9. The molecule has 23 heavy (non-hydrogen) atoms. The zero-order valence-corrected chi connectivity index (χ0v) is 12.9. The molecule has 1 aromatic rings. The minimum Gasteiger partial charge on any atom is -0.486 e. The van der Waals surface area contributed by atoms with Gasteiger partial charge in [0.25, 0.3) is 0 Å². The number of nitrogens with two attached hydrogens (primary N) is 1. The van der Waals surface area contributed by atoms with Gasteiger partial charge in [-0.1, -0.05) is 12.1 Å². The van der Waals surface area contributed by atoms with Crippen molar-refractivity contribution in [1.82, 2.24) is 4.90 Å². The second-order valence-electron chi connectivity index (χ2n) is 5.96. The number of likely N-dealkylation sites (tertiary alicyclic amines) is 1. The molecule has 126 valence electrons. The first kappa shape index (κ1) is 15.9. The lowest BCUT2D eigenvalue weighted by Crippen LogP contribution is -2.52. The van der Waals surface area contributed by atoms with E-state index in [2.05, 4.69) is 4.90 Å². The largest absolute Gasteiger partial charge is 0.506 e. The summed E-state index contributed by atoms with van der Waals surface area (Å²) in [5, 5.41) is 8.76. The first-order chi connectivity index (χ1) is 11.1. The van der Waals surface area contributed by atoms with Gasteiger partial charge in [0, 0.05) is 25.6 Å². The molecule has 0 spiro atoms. The van der Waals surface area contributed by atoms with E-state index in [-0.39, 0.29) is 12.1 Å². The highest BCUT2D eigenvalue weighted by Crippen LogP contribution is 2.31. The number of benzene rings is 1. The van der Waals surface area contributed by atoms with Gasteiger partial charge in [-0.05, 0) is 25.1 Å². The summed E-state index contributed by atoms with van der Waals surface area (Å²) in [6, 6.07) is 7.40. The molecule has 0 radical (unpaired) electrons. The van der Waals surface area contributed by atoms with E-state index in [9.17, 15) is 4.79 Å². The van der Waals surface area contributed by atoms with Crippen molar-refractivity contribution in [2.75, 3.05) is 26.2 Å². The van der Waals surface area contributed by atoms with E-state index < -0.39 is 12.3 Å². The lowest BCUT2D eigenvalue weighted by molar-refractivity contribution is -0.00170. The second-order valence-corrected chi connectivity index (χ2v) is 5.96. The van der Waals surface area contributed by atoms with Gasteiger partial charge in [0.15, 0.2) is 11.5 Å². The summed E-state index contributed by atoms with van der Waals surface area (Å²) in [6.45, 7) is 2.68. The van der Waals surface area contributed by atoms with Crippen LogP contribution < -0.4 is 15.2 Å². The molecule has 1 aromatic carbocycles. The van der Waals surface area contributed by atoms with E-state index >= 15 is 0 Å². The van der Waals surface area contributed by atoms with Gasteiger partial charge >= 0.3 is 6.16 Å².